The van der Waals surface area contributed by atoms with Gasteiger partial charge < -0.3 is 10.2 Å². The van der Waals surface area contributed by atoms with E-state index < -0.39 is 0 Å². The molecule has 2 amide bonds. The summed E-state index contributed by atoms with van der Waals surface area (Å²) < 4.78 is 0. The lowest BCUT2D eigenvalue weighted by atomic mass is 10.4. The van der Waals surface area contributed by atoms with Gasteiger partial charge in [0.1, 0.15) is 12.2 Å². The number of nitrogens with zero attached hydrogens (tertiary/aromatic N) is 3. The topological polar surface area (TPSA) is 73.9 Å². The van der Waals surface area contributed by atoms with Gasteiger partial charge in [0.15, 0.2) is 0 Å². The van der Waals surface area contributed by atoms with Crippen LogP contribution < -0.4 is 5.32 Å². The van der Waals surface area contributed by atoms with Crippen molar-refractivity contribution in [1.29, 1.82) is 0 Å². The molecule has 1 rings (SSSR count). The van der Waals surface area contributed by atoms with E-state index in [1.54, 1.807) is 11.9 Å². The highest BCUT2D eigenvalue weighted by molar-refractivity contribution is 5.73. The van der Waals surface area contributed by atoms with Crippen LogP contribution in [0.5, 0.6) is 0 Å². The Kier molecular flexibility index (Phi) is 3.90. The van der Waals surface area contributed by atoms with Crippen LogP contribution in [0.4, 0.5) is 4.79 Å². The highest BCUT2D eigenvalue weighted by atomic mass is 16.2. The van der Waals surface area contributed by atoms with Gasteiger partial charge >= 0.3 is 6.03 Å². The van der Waals surface area contributed by atoms with Crippen LogP contribution in [-0.4, -0.2) is 46.2 Å². The number of carbonyl (C=O) groups is 1. The van der Waals surface area contributed by atoms with E-state index in [1.165, 1.54) is 6.33 Å². The minimum atomic E-state index is -0.0629. The van der Waals surface area contributed by atoms with E-state index in [1.807, 2.05) is 6.92 Å². The molecule has 0 saturated carbocycles. The quantitative estimate of drug-likeness (QED) is 0.714. The first kappa shape index (κ1) is 10.5. The minimum absolute atomic E-state index is 0.0629. The molecule has 0 aromatic carbocycles. The van der Waals surface area contributed by atoms with Gasteiger partial charge in [0.05, 0.1) is 0 Å². The van der Waals surface area contributed by atoms with Crippen LogP contribution in [0.25, 0.3) is 0 Å². The summed E-state index contributed by atoms with van der Waals surface area (Å²) in [6, 6.07) is -0.0629. The Balaban J connectivity index is 2.18. The van der Waals surface area contributed by atoms with Crippen molar-refractivity contribution in [2.24, 2.45) is 0 Å². The maximum atomic E-state index is 11.3. The zero-order valence-corrected chi connectivity index (χ0v) is 8.45. The second-order valence-electron chi connectivity index (χ2n) is 2.93. The Bertz CT molecular complexity index is 271. The first-order chi connectivity index (χ1) is 6.74. The molecule has 0 aliphatic heterocycles. The van der Waals surface area contributed by atoms with E-state index in [0.717, 1.165) is 5.82 Å². The van der Waals surface area contributed by atoms with Crippen molar-refractivity contribution in [2.75, 3.05) is 20.1 Å². The zero-order valence-electron chi connectivity index (χ0n) is 8.45. The summed E-state index contributed by atoms with van der Waals surface area (Å²) in [5.74, 6) is 0.782. The van der Waals surface area contributed by atoms with Gasteiger partial charge in [-0.2, -0.15) is 5.10 Å². The Labute approximate surface area is 82.7 Å². The summed E-state index contributed by atoms with van der Waals surface area (Å²) in [6.45, 7) is 3.20. The maximum absolute atomic E-state index is 11.3. The van der Waals surface area contributed by atoms with Crippen LogP contribution in [0.1, 0.15) is 12.7 Å². The molecular weight excluding hydrogens is 182 g/mol. The number of carbonyl (C=O) groups excluding carboxylic acids is 1. The number of hydrogen-bond donors (Lipinski definition) is 2. The summed E-state index contributed by atoms with van der Waals surface area (Å²) in [4.78, 5) is 16.8. The third-order valence-corrected chi connectivity index (χ3v) is 1.92. The van der Waals surface area contributed by atoms with Crippen LogP contribution in [0.2, 0.25) is 0 Å². The van der Waals surface area contributed by atoms with Gasteiger partial charge in [-0.15, -0.1) is 0 Å². The third kappa shape index (κ3) is 3.04. The van der Waals surface area contributed by atoms with E-state index >= 15 is 0 Å². The Morgan fingerprint density at radius 1 is 1.71 bits per heavy atom. The van der Waals surface area contributed by atoms with Gasteiger partial charge in [-0.25, -0.2) is 9.78 Å². The normalized spacial score (nSPS) is 9.86. The van der Waals surface area contributed by atoms with E-state index in [2.05, 4.69) is 20.5 Å². The Morgan fingerprint density at radius 2 is 2.50 bits per heavy atom. The first-order valence-electron chi connectivity index (χ1n) is 4.57. The lowest BCUT2D eigenvalue weighted by Crippen LogP contribution is -2.38. The molecule has 0 bridgehead atoms. The van der Waals surface area contributed by atoms with Crippen molar-refractivity contribution < 1.29 is 4.79 Å². The van der Waals surface area contributed by atoms with Crippen molar-refractivity contribution in [1.82, 2.24) is 25.4 Å². The molecule has 1 heterocycles. The second-order valence-corrected chi connectivity index (χ2v) is 2.93. The molecule has 0 fully saturated rings. The SMILES string of the molecule is CCN(C)C(=O)NCCc1ncn[nH]1. The molecule has 0 aliphatic carbocycles. The minimum Gasteiger partial charge on any atom is -0.338 e. The van der Waals surface area contributed by atoms with Crippen molar-refractivity contribution in [2.45, 2.75) is 13.3 Å². The van der Waals surface area contributed by atoms with Crippen LogP contribution in [-0.2, 0) is 6.42 Å². The molecule has 0 spiro atoms. The molecule has 1 aromatic rings. The highest BCUT2D eigenvalue weighted by Crippen LogP contribution is 1.87. The summed E-state index contributed by atoms with van der Waals surface area (Å²) in [5.41, 5.74) is 0. The number of nitrogens with one attached hydrogen (secondary N) is 2. The second kappa shape index (κ2) is 5.21. The van der Waals surface area contributed by atoms with Gasteiger partial charge in [-0.05, 0) is 6.92 Å². The van der Waals surface area contributed by atoms with Crippen LogP contribution in [0.3, 0.4) is 0 Å². The van der Waals surface area contributed by atoms with Crippen molar-refractivity contribution in [3.63, 3.8) is 0 Å². The number of H-pyrrole nitrogens is 1. The van der Waals surface area contributed by atoms with Gasteiger partial charge in [0.25, 0.3) is 0 Å². The highest BCUT2D eigenvalue weighted by Gasteiger charge is 2.04. The number of hydrogen-bond acceptors (Lipinski definition) is 3. The van der Waals surface area contributed by atoms with Gasteiger partial charge in [-0.1, -0.05) is 0 Å². The maximum Gasteiger partial charge on any atom is 0.317 e. The first-order valence-corrected chi connectivity index (χ1v) is 4.57. The molecule has 6 heteroatoms. The smallest absolute Gasteiger partial charge is 0.317 e. The van der Waals surface area contributed by atoms with Crippen molar-refractivity contribution in [3.05, 3.63) is 12.2 Å². The van der Waals surface area contributed by atoms with Crippen LogP contribution >= 0.6 is 0 Å². The van der Waals surface area contributed by atoms with Crippen molar-refractivity contribution in [3.8, 4) is 0 Å². The fraction of sp³-hybridized carbons (Fsp3) is 0.625. The molecule has 1 aromatic heterocycles. The molecule has 0 radical (unpaired) electrons. The van der Waals surface area contributed by atoms with E-state index in [0.29, 0.717) is 19.5 Å². The zero-order chi connectivity index (χ0) is 10.4. The molecule has 0 saturated heterocycles. The monoisotopic (exact) mass is 197 g/mol. The fourth-order valence-corrected chi connectivity index (χ4v) is 0.918. The lowest BCUT2D eigenvalue weighted by Gasteiger charge is -2.14. The molecule has 6 nitrogen and oxygen atoms in total. The Morgan fingerprint density at radius 3 is 3.07 bits per heavy atom. The summed E-state index contributed by atoms with van der Waals surface area (Å²) in [5, 5.41) is 9.21. The van der Waals surface area contributed by atoms with Crippen molar-refractivity contribution >= 4 is 6.03 Å². The average molecular weight is 197 g/mol. The van der Waals surface area contributed by atoms with E-state index in [-0.39, 0.29) is 6.03 Å². The third-order valence-electron chi connectivity index (χ3n) is 1.92. The van der Waals surface area contributed by atoms with E-state index in [9.17, 15) is 4.79 Å². The summed E-state index contributed by atoms with van der Waals surface area (Å²) in [6.07, 6.45) is 2.12. The van der Waals surface area contributed by atoms with Gasteiger partial charge in [-0.3, -0.25) is 5.10 Å². The molecule has 0 aliphatic rings. The molecular formula is C8H15N5O. The number of amides is 2. The summed E-state index contributed by atoms with van der Waals surface area (Å²) >= 11 is 0. The number of urea groups is 1. The molecule has 2 N–H and O–H groups in total. The lowest BCUT2D eigenvalue weighted by molar-refractivity contribution is 0.211. The predicted octanol–water partition coefficient (Wildman–Crippen LogP) is 0.00850. The number of rotatable bonds is 4. The standard InChI is InChI=1S/C8H15N5O/c1-3-13(2)8(14)9-5-4-7-10-6-11-12-7/h6H,3-5H2,1-2H3,(H,9,14)(H,10,11,12). The van der Waals surface area contributed by atoms with Crippen LogP contribution in [0, 0.1) is 0 Å². The van der Waals surface area contributed by atoms with Gasteiger partial charge in [0, 0.05) is 26.6 Å². The largest absolute Gasteiger partial charge is 0.338 e. The molecule has 0 atom stereocenters. The van der Waals surface area contributed by atoms with Gasteiger partial charge in [0.2, 0.25) is 0 Å². The molecule has 0 unspecified atom stereocenters. The van der Waals surface area contributed by atoms with Crippen LogP contribution in [0.15, 0.2) is 6.33 Å². The van der Waals surface area contributed by atoms with E-state index in [4.69, 9.17) is 0 Å². The Hall–Kier alpha value is -1.59. The predicted molar refractivity (Wildman–Crippen MR) is 51.8 cm³/mol. The number of aromatic amines is 1. The fourth-order valence-electron chi connectivity index (χ4n) is 0.918. The molecule has 78 valence electrons. The average Bonchev–Trinajstić information content (AvgIpc) is 2.69. The molecule has 14 heavy (non-hydrogen) atoms. The summed E-state index contributed by atoms with van der Waals surface area (Å²) in [7, 11) is 1.75. The number of aromatic nitrogens is 3.